The van der Waals surface area contributed by atoms with Crippen molar-refractivity contribution in [3.8, 4) is 11.3 Å². The summed E-state index contributed by atoms with van der Waals surface area (Å²) in [5.74, 6) is -0.913. The fraction of sp³-hybridized carbons (Fsp3) is 0.0526. The topological polar surface area (TPSA) is 62.2 Å². The Hall–Kier alpha value is -2.79. The van der Waals surface area contributed by atoms with E-state index in [0.717, 1.165) is 27.4 Å². The van der Waals surface area contributed by atoms with Crippen LogP contribution < -0.4 is 4.72 Å². The first kappa shape index (κ1) is 16.1. The number of nitrogens with zero attached hydrogens (tertiary/aromatic N) is 1. The number of hydrogen-bond donors (Lipinski definition) is 2. The van der Waals surface area contributed by atoms with Crippen molar-refractivity contribution < 1.29 is 9.90 Å². The lowest BCUT2D eigenvalue weighted by Crippen LogP contribution is -2.00. The molecule has 0 atom stereocenters. The zero-order valence-corrected chi connectivity index (χ0v) is 13.9. The van der Waals surface area contributed by atoms with E-state index in [9.17, 15) is 9.90 Å². The average Bonchev–Trinajstić information content (AvgIpc) is 2.62. The first-order valence-electron chi connectivity index (χ1n) is 7.42. The maximum atomic E-state index is 11.2. The molecule has 4 nitrogen and oxygen atoms in total. The van der Waals surface area contributed by atoms with Gasteiger partial charge >= 0.3 is 5.97 Å². The van der Waals surface area contributed by atoms with Gasteiger partial charge in [0, 0.05) is 10.5 Å². The molecule has 3 rings (SSSR count). The Bertz CT molecular complexity index is 849. The summed E-state index contributed by atoms with van der Waals surface area (Å²) in [5, 5.41) is 9.17. The number of aromatic nitrogens is 1. The quantitative estimate of drug-likeness (QED) is 0.651. The third kappa shape index (κ3) is 3.75. The second-order valence-electron chi connectivity index (χ2n) is 5.28. The molecule has 2 aromatic carbocycles. The molecule has 5 heteroatoms. The van der Waals surface area contributed by atoms with Crippen LogP contribution in [0.3, 0.4) is 0 Å². The molecule has 24 heavy (non-hydrogen) atoms. The molecule has 0 aliphatic carbocycles. The van der Waals surface area contributed by atoms with Crippen molar-refractivity contribution in [1.29, 1.82) is 0 Å². The fourth-order valence-corrected chi connectivity index (χ4v) is 2.92. The van der Waals surface area contributed by atoms with Gasteiger partial charge in [-0.2, -0.15) is 0 Å². The van der Waals surface area contributed by atoms with Crippen molar-refractivity contribution in [3.05, 3.63) is 78.0 Å². The molecule has 0 unspecified atom stereocenters. The minimum Gasteiger partial charge on any atom is -0.478 e. The Morgan fingerprint density at radius 3 is 2.54 bits per heavy atom. The number of anilines is 1. The largest absolute Gasteiger partial charge is 0.478 e. The molecule has 0 bridgehead atoms. The van der Waals surface area contributed by atoms with E-state index in [-0.39, 0.29) is 0 Å². The number of carboxylic acid groups (broad SMARTS) is 1. The highest BCUT2D eigenvalue weighted by Crippen LogP contribution is 2.24. The number of carboxylic acids is 1. The lowest BCUT2D eigenvalue weighted by Gasteiger charge is -2.08. The van der Waals surface area contributed by atoms with Gasteiger partial charge in [-0.05, 0) is 48.7 Å². The molecular formula is C19H16N2O2S. The third-order valence-corrected chi connectivity index (χ3v) is 4.39. The van der Waals surface area contributed by atoms with Crippen molar-refractivity contribution in [2.24, 2.45) is 0 Å². The number of aromatic carboxylic acids is 1. The molecule has 0 spiro atoms. The van der Waals surface area contributed by atoms with Crippen molar-refractivity contribution >= 4 is 23.6 Å². The van der Waals surface area contributed by atoms with Crippen LogP contribution in [0, 0.1) is 6.92 Å². The first-order chi connectivity index (χ1) is 11.6. The van der Waals surface area contributed by atoms with E-state index in [0.29, 0.717) is 5.56 Å². The highest BCUT2D eigenvalue weighted by Gasteiger charge is 2.08. The number of pyridine rings is 1. The molecule has 1 heterocycles. The van der Waals surface area contributed by atoms with Gasteiger partial charge in [-0.25, -0.2) is 4.79 Å². The van der Waals surface area contributed by atoms with Crippen molar-refractivity contribution in [2.45, 2.75) is 11.8 Å². The van der Waals surface area contributed by atoms with E-state index in [2.05, 4.69) is 9.71 Å². The van der Waals surface area contributed by atoms with E-state index >= 15 is 0 Å². The van der Waals surface area contributed by atoms with Crippen LogP contribution in [-0.4, -0.2) is 16.1 Å². The summed E-state index contributed by atoms with van der Waals surface area (Å²) < 4.78 is 3.19. The zero-order valence-electron chi connectivity index (χ0n) is 13.1. The summed E-state index contributed by atoms with van der Waals surface area (Å²) in [7, 11) is 0. The van der Waals surface area contributed by atoms with Gasteiger partial charge < -0.3 is 9.83 Å². The molecule has 3 aromatic rings. The van der Waals surface area contributed by atoms with Gasteiger partial charge in [0.25, 0.3) is 0 Å². The molecule has 2 N–H and O–H groups in total. The molecule has 0 radical (unpaired) electrons. The second-order valence-corrected chi connectivity index (χ2v) is 6.16. The minimum atomic E-state index is -0.913. The van der Waals surface area contributed by atoms with Gasteiger partial charge in [0.05, 0.1) is 23.1 Å². The summed E-state index contributed by atoms with van der Waals surface area (Å²) in [6, 6.07) is 19.3. The third-order valence-electron chi connectivity index (χ3n) is 3.56. The van der Waals surface area contributed by atoms with Crippen LogP contribution in [0.4, 0.5) is 5.69 Å². The molecule has 0 saturated heterocycles. The van der Waals surface area contributed by atoms with E-state index in [1.807, 2.05) is 54.6 Å². The molecule has 0 saturated carbocycles. The number of rotatable bonds is 5. The number of benzene rings is 2. The summed E-state index contributed by atoms with van der Waals surface area (Å²) in [6.07, 6.45) is 1.77. The fourth-order valence-electron chi connectivity index (χ4n) is 2.25. The highest BCUT2D eigenvalue weighted by molar-refractivity contribution is 8.00. The minimum absolute atomic E-state index is 0.319. The molecule has 0 aliphatic rings. The van der Waals surface area contributed by atoms with Gasteiger partial charge in [0.1, 0.15) is 0 Å². The van der Waals surface area contributed by atoms with Gasteiger partial charge in [0.15, 0.2) is 0 Å². The summed E-state index contributed by atoms with van der Waals surface area (Å²) in [4.78, 5) is 16.5. The Kier molecular flexibility index (Phi) is 4.82. The number of nitrogens with one attached hydrogen (secondary N) is 1. The molecule has 1 aromatic heterocycles. The summed E-state index contributed by atoms with van der Waals surface area (Å²) in [5.41, 5.74) is 3.91. The lowest BCUT2D eigenvalue weighted by atomic mass is 10.1. The Morgan fingerprint density at radius 2 is 1.88 bits per heavy atom. The van der Waals surface area contributed by atoms with Crippen LogP contribution in [0.25, 0.3) is 11.3 Å². The summed E-state index contributed by atoms with van der Waals surface area (Å²) in [6.45, 7) is 1.79. The Morgan fingerprint density at radius 1 is 1.08 bits per heavy atom. The number of aryl methyl sites for hydroxylation is 1. The zero-order chi connectivity index (χ0) is 16.9. The maximum absolute atomic E-state index is 11.2. The summed E-state index contributed by atoms with van der Waals surface area (Å²) >= 11 is 1.36. The van der Waals surface area contributed by atoms with Crippen LogP contribution in [0.2, 0.25) is 0 Å². The van der Waals surface area contributed by atoms with Crippen LogP contribution in [0.1, 0.15) is 15.9 Å². The van der Waals surface area contributed by atoms with Gasteiger partial charge in [-0.15, -0.1) is 0 Å². The first-order valence-corrected chi connectivity index (χ1v) is 8.23. The van der Waals surface area contributed by atoms with E-state index < -0.39 is 5.97 Å². The predicted molar refractivity (Wildman–Crippen MR) is 97.3 cm³/mol. The predicted octanol–water partition coefficient (Wildman–Crippen LogP) is 4.87. The Labute approximate surface area is 144 Å². The molecule has 120 valence electrons. The molecular weight excluding hydrogens is 320 g/mol. The van der Waals surface area contributed by atoms with Gasteiger partial charge in [-0.3, -0.25) is 4.98 Å². The molecule has 0 fully saturated rings. The van der Waals surface area contributed by atoms with Gasteiger partial charge in [0.2, 0.25) is 0 Å². The number of hydrogen-bond acceptors (Lipinski definition) is 4. The molecule has 0 aliphatic heterocycles. The van der Waals surface area contributed by atoms with E-state index in [1.165, 1.54) is 11.9 Å². The SMILES string of the molecule is Cc1ccc(SNc2ccc(-c3ccccc3)nc2)cc1C(=O)O. The highest BCUT2D eigenvalue weighted by atomic mass is 32.2. The molecule has 0 amide bonds. The van der Waals surface area contributed by atoms with Crippen LogP contribution in [-0.2, 0) is 0 Å². The second kappa shape index (κ2) is 7.19. The average molecular weight is 336 g/mol. The van der Waals surface area contributed by atoms with E-state index in [4.69, 9.17) is 0 Å². The maximum Gasteiger partial charge on any atom is 0.335 e. The Balaban J connectivity index is 1.69. The van der Waals surface area contributed by atoms with Crippen molar-refractivity contribution in [1.82, 2.24) is 4.98 Å². The van der Waals surface area contributed by atoms with E-state index in [1.54, 1.807) is 19.2 Å². The number of carbonyl (C=O) groups is 1. The smallest absolute Gasteiger partial charge is 0.335 e. The van der Waals surface area contributed by atoms with Crippen LogP contribution in [0.15, 0.2) is 71.8 Å². The standard InChI is InChI=1S/C19H16N2O2S/c1-13-7-9-16(11-17(13)19(22)23)24-21-15-8-10-18(20-12-15)14-5-3-2-4-6-14/h2-12,21H,1H3,(H,22,23). The van der Waals surface area contributed by atoms with Crippen LogP contribution >= 0.6 is 11.9 Å². The normalized spacial score (nSPS) is 10.4. The van der Waals surface area contributed by atoms with Crippen molar-refractivity contribution in [2.75, 3.05) is 4.72 Å². The van der Waals surface area contributed by atoms with Gasteiger partial charge in [-0.1, -0.05) is 36.4 Å². The lowest BCUT2D eigenvalue weighted by molar-refractivity contribution is 0.0696. The van der Waals surface area contributed by atoms with Crippen molar-refractivity contribution in [3.63, 3.8) is 0 Å². The monoisotopic (exact) mass is 336 g/mol. The van der Waals surface area contributed by atoms with Crippen LogP contribution in [0.5, 0.6) is 0 Å².